The van der Waals surface area contributed by atoms with Crippen LogP contribution < -0.4 is 0 Å². The summed E-state index contributed by atoms with van der Waals surface area (Å²) >= 11 is 0. The van der Waals surface area contributed by atoms with Crippen LogP contribution in [0.2, 0.25) is 0 Å². The van der Waals surface area contributed by atoms with Crippen LogP contribution in [-0.4, -0.2) is 150 Å². The standard InChI is InChI=1S/C21H30N2O7.C9H18O3.C6H12O4/c1-13(2)16(24)10-17(25)18(26)12-22(3)11-14-4-6-15(7-5-14)21(29)30-23-19(27)8-9-20(23)28;1-3-7(2)4-8(11)5-9(12)6-10;7-3-5-1-4(8)2-6(9)10-5/h4-7,13,16-18,24-26H,8-12H2,1-3H3;3,8-12H,4-6H2,1-2H3;4-9H,1-3H2/t16?,17-,18?;8-,9?;4?,5-,6+/m010/s1. The molecule has 16 nitrogen and oxygen atoms in total. The lowest BCUT2D eigenvalue weighted by atomic mass is 9.98. The van der Waals surface area contributed by atoms with Crippen LogP contribution in [-0.2, 0) is 25.7 Å². The molecule has 8 atom stereocenters. The minimum atomic E-state index is -1.03. The van der Waals surface area contributed by atoms with Crippen LogP contribution in [0, 0.1) is 5.92 Å². The summed E-state index contributed by atoms with van der Waals surface area (Å²) in [5.74, 6) is -1.86. The first-order valence-corrected chi connectivity index (χ1v) is 17.5. The number of allylic oxidation sites excluding steroid dienone is 1. The number of aliphatic hydroxyl groups excluding tert-OH is 9. The highest BCUT2D eigenvalue weighted by Gasteiger charge is 2.33. The van der Waals surface area contributed by atoms with E-state index in [1.807, 2.05) is 38.7 Å². The van der Waals surface area contributed by atoms with Gasteiger partial charge in [-0.1, -0.05) is 37.6 Å². The van der Waals surface area contributed by atoms with Crippen LogP contribution in [0.4, 0.5) is 0 Å². The number of hydroxylamine groups is 2. The molecule has 16 heteroatoms. The van der Waals surface area contributed by atoms with Crippen LogP contribution in [0.1, 0.15) is 88.6 Å². The largest absolute Gasteiger partial charge is 0.394 e. The molecule has 0 bridgehead atoms. The minimum absolute atomic E-state index is 0.00325. The van der Waals surface area contributed by atoms with Crippen LogP contribution >= 0.6 is 0 Å². The van der Waals surface area contributed by atoms with Gasteiger partial charge in [0.1, 0.15) is 0 Å². The van der Waals surface area contributed by atoms with Gasteiger partial charge in [-0.3, -0.25) is 14.5 Å². The van der Waals surface area contributed by atoms with Gasteiger partial charge in [-0.05, 0) is 50.9 Å². The molecule has 3 rings (SSSR count). The first-order valence-electron chi connectivity index (χ1n) is 17.5. The molecular formula is C36H60N2O14. The number of aliphatic hydroxyl groups is 9. The Labute approximate surface area is 305 Å². The average molecular weight is 745 g/mol. The maximum absolute atomic E-state index is 12.1. The molecule has 1 aromatic carbocycles. The number of carbonyl (C=O) groups is 3. The number of rotatable bonds is 16. The second kappa shape index (κ2) is 24.4. The zero-order chi connectivity index (χ0) is 39.5. The van der Waals surface area contributed by atoms with E-state index in [9.17, 15) is 34.8 Å². The lowest BCUT2D eigenvalue weighted by Gasteiger charge is -2.28. The summed E-state index contributed by atoms with van der Waals surface area (Å²) in [7, 11) is 1.78. The lowest BCUT2D eigenvalue weighted by molar-refractivity contribution is -0.197. The highest BCUT2D eigenvalue weighted by atomic mass is 16.7. The van der Waals surface area contributed by atoms with E-state index in [4.69, 9.17) is 35.1 Å². The molecule has 2 aliphatic rings. The first kappa shape index (κ1) is 47.2. The van der Waals surface area contributed by atoms with Crippen molar-refractivity contribution in [1.29, 1.82) is 0 Å². The van der Waals surface area contributed by atoms with E-state index < -0.39 is 66.8 Å². The molecule has 2 saturated heterocycles. The predicted octanol–water partition coefficient (Wildman–Crippen LogP) is -0.248. The van der Waals surface area contributed by atoms with Crippen molar-refractivity contribution in [3.05, 3.63) is 47.0 Å². The van der Waals surface area contributed by atoms with Crippen molar-refractivity contribution in [2.24, 2.45) is 5.92 Å². The lowest BCUT2D eigenvalue weighted by Crippen LogP contribution is -2.39. The Hall–Kier alpha value is -2.87. The molecule has 0 spiro atoms. The van der Waals surface area contributed by atoms with Crippen LogP contribution in [0.25, 0.3) is 0 Å². The van der Waals surface area contributed by atoms with Crippen molar-refractivity contribution in [2.75, 3.05) is 26.8 Å². The number of hydrogen-bond acceptors (Lipinski definition) is 15. The Balaban J connectivity index is 0.000000500. The molecule has 2 aliphatic heterocycles. The fraction of sp³-hybridized carbons (Fsp3) is 0.694. The van der Waals surface area contributed by atoms with Crippen molar-refractivity contribution in [1.82, 2.24) is 9.96 Å². The summed E-state index contributed by atoms with van der Waals surface area (Å²) in [6.45, 7) is 7.75. The van der Waals surface area contributed by atoms with Crippen molar-refractivity contribution >= 4 is 17.8 Å². The van der Waals surface area contributed by atoms with Crippen molar-refractivity contribution in [3.63, 3.8) is 0 Å². The molecule has 2 heterocycles. The third-order valence-electron chi connectivity index (χ3n) is 8.38. The van der Waals surface area contributed by atoms with E-state index in [2.05, 4.69) is 0 Å². The summed E-state index contributed by atoms with van der Waals surface area (Å²) in [6.07, 6.45) is -2.37. The molecule has 1 aromatic rings. The molecule has 298 valence electrons. The Bertz CT molecular complexity index is 1200. The summed E-state index contributed by atoms with van der Waals surface area (Å²) in [5, 5.41) is 83.9. The molecule has 9 N–H and O–H groups in total. The van der Waals surface area contributed by atoms with Gasteiger partial charge in [-0.2, -0.15) is 0 Å². The van der Waals surface area contributed by atoms with Crippen LogP contribution in [0.5, 0.6) is 0 Å². The van der Waals surface area contributed by atoms with E-state index in [0.717, 1.165) is 11.1 Å². The second-order valence-corrected chi connectivity index (χ2v) is 13.6. The normalized spacial score (nSPS) is 22.2. The Morgan fingerprint density at radius 3 is 2.04 bits per heavy atom. The van der Waals surface area contributed by atoms with Gasteiger partial charge in [-0.15, -0.1) is 5.06 Å². The van der Waals surface area contributed by atoms with Crippen molar-refractivity contribution in [3.8, 4) is 0 Å². The van der Waals surface area contributed by atoms with Crippen molar-refractivity contribution in [2.45, 2.75) is 128 Å². The fourth-order valence-corrected chi connectivity index (χ4v) is 5.08. The number of carbonyl (C=O) groups excluding carboxylic acids is 3. The molecule has 0 saturated carbocycles. The summed E-state index contributed by atoms with van der Waals surface area (Å²) < 4.78 is 4.85. The SMILES string of the molecule is CC(C)C(O)C[C@H](O)C(O)CN(C)Cc1ccc(C(=O)ON2C(=O)CCC2=O)cc1.CC=C(C)C[C@@H](O)CC(O)CO.OC[C@@H]1CC(O)C[C@H](O)O1. The Morgan fingerprint density at radius 2 is 1.54 bits per heavy atom. The Morgan fingerprint density at radius 1 is 0.942 bits per heavy atom. The molecule has 0 aromatic heterocycles. The third kappa shape index (κ3) is 18.3. The van der Waals surface area contributed by atoms with Gasteiger partial charge in [0, 0.05) is 51.6 Å². The number of hydrogen-bond donors (Lipinski definition) is 9. The number of nitrogens with zero attached hydrogens (tertiary/aromatic N) is 2. The minimum Gasteiger partial charge on any atom is -0.394 e. The number of imide groups is 1. The quantitative estimate of drug-likeness (QED) is 0.0781. The highest BCUT2D eigenvalue weighted by Crippen LogP contribution is 2.18. The number of amides is 2. The first-order chi connectivity index (χ1) is 24.4. The molecule has 0 aliphatic carbocycles. The summed E-state index contributed by atoms with van der Waals surface area (Å²) in [4.78, 5) is 41.9. The van der Waals surface area contributed by atoms with Crippen molar-refractivity contribution < 1.29 is 69.9 Å². The molecule has 2 fully saturated rings. The average Bonchev–Trinajstić information content (AvgIpc) is 3.40. The topological polar surface area (TPSA) is 258 Å². The number of likely N-dealkylation sites (N-methyl/N-ethyl adjacent to an activating group) is 1. The third-order valence-corrected chi connectivity index (χ3v) is 8.38. The number of benzene rings is 1. The van der Waals surface area contributed by atoms with Gasteiger partial charge >= 0.3 is 5.97 Å². The summed E-state index contributed by atoms with van der Waals surface area (Å²) in [5.41, 5.74) is 2.14. The highest BCUT2D eigenvalue weighted by molar-refractivity contribution is 6.02. The summed E-state index contributed by atoms with van der Waals surface area (Å²) in [6, 6.07) is 6.46. The predicted molar refractivity (Wildman–Crippen MR) is 188 cm³/mol. The van der Waals surface area contributed by atoms with Gasteiger partial charge in [0.2, 0.25) is 0 Å². The second-order valence-electron chi connectivity index (χ2n) is 13.6. The zero-order valence-corrected chi connectivity index (χ0v) is 30.8. The molecule has 0 radical (unpaired) electrons. The van der Waals surface area contributed by atoms with Crippen LogP contribution in [0.15, 0.2) is 35.9 Å². The van der Waals surface area contributed by atoms with Gasteiger partial charge in [0.05, 0.1) is 61.5 Å². The van der Waals surface area contributed by atoms with Gasteiger partial charge in [-0.25, -0.2) is 4.79 Å². The molecule has 4 unspecified atom stereocenters. The van der Waals surface area contributed by atoms with E-state index in [-0.39, 0.29) is 63.3 Å². The zero-order valence-electron chi connectivity index (χ0n) is 30.8. The Kier molecular flexibility index (Phi) is 22.2. The van der Waals surface area contributed by atoms with Gasteiger partial charge in [0.25, 0.3) is 11.8 Å². The molecule has 2 amide bonds. The maximum atomic E-state index is 12.1. The number of ether oxygens (including phenoxy) is 1. The van der Waals surface area contributed by atoms with E-state index in [1.54, 1.807) is 19.2 Å². The molecular weight excluding hydrogens is 684 g/mol. The van der Waals surface area contributed by atoms with Gasteiger partial charge in [0.15, 0.2) is 6.29 Å². The van der Waals surface area contributed by atoms with Crippen LogP contribution in [0.3, 0.4) is 0 Å². The van der Waals surface area contributed by atoms with E-state index >= 15 is 0 Å². The fourth-order valence-electron chi connectivity index (χ4n) is 5.08. The monoisotopic (exact) mass is 744 g/mol. The van der Waals surface area contributed by atoms with E-state index in [0.29, 0.717) is 24.4 Å². The smallest absolute Gasteiger partial charge is 0.363 e. The van der Waals surface area contributed by atoms with E-state index in [1.165, 1.54) is 12.1 Å². The molecule has 52 heavy (non-hydrogen) atoms. The maximum Gasteiger partial charge on any atom is 0.363 e. The van der Waals surface area contributed by atoms with Gasteiger partial charge < -0.3 is 55.5 Å².